The second-order valence-electron chi connectivity index (χ2n) is 3.81. The van der Waals surface area contributed by atoms with Crippen LogP contribution in [-0.2, 0) is 0 Å². The zero-order chi connectivity index (χ0) is 10.8. The predicted octanol–water partition coefficient (Wildman–Crippen LogP) is 1.03. The average Bonchev–Trinajstić information content (AvgIpc) is 2.21. The molecule has 0 aliphatic heterocycles. The van der Waals surface area contributed by atoms with Gasteiger partial charge < -0.3 is 10.0 Å². The summed E-state index contributed by atoms with van der Waals surface area (Å²) >= 11 is 0. The molecular weight excluding hydrogens is 176 g/mol. The topological polar surface area (TPSA) is 26.7 Å². The summed E-state index contributed by atoms with van der Waals surface area (Å²) in [5.41, 5.74) is 0. The van der Waals surface area contributed by atoms with Crippen LogP contribution in [0.4, 0.5) is 0 Å². The lowest BCUT2D eigenvalue weighted by molar-refractivity contribution is 0.177. The SMILES string of the molecule is CCCCN(CCO)CCN(C)CC. The maximum atomic E-state index is 8.90. The highest BCUT2D eigenvalue weighted by Gasteiger charge is 2.04. The van der Waals surface area contributed by atoms with E-state index in [1.807, 2.05) is 0 Å². The Morgan fingerprint density at radius 2 is 1.71 bits per heavy atom. The maximum Gasteiger partial charge on any atom is 0.0558 e. The van der Waals surface area contributed by atoms with Gasteiger partial charge in [-0.05, 0) is 26.6 Å². The molecule has 0 aromatic rings. The van der Waals surface area contributed by atoms with Gasteiger partial charge in [-0.15, -0.1) is 0 Å². The molecule has 0 unspecified atom stereocenters. The van der Waals surface area contributed by atoms with E-state index in [9.17, 15) is 0 Å². The van der Waals surface area contributed by atoms with Crippen molar-refractivity contribution in [1.29, 1.82) is 0 Å². The largest absolute Gasteiger partial charge is 0.395 e. The van der Waals surface area contributed by atoms with Crippen LogP contribution in [0.3, 0.4) is 0 Å². The van der Waals surface area contributed by atoms with Gasteiger partial charge in [0.15, 0.2) is 0 Å². The minimum Gasteiger partial charge on any atom is -0.395 e. The summed E-state index contributed by atoms with van der Waals surface area (Å²) in [5.74, 6) is 0. The molecule has 0 fully saturated rings. The predicted molar refractivity (Wildman–Crippen MR) is 61.6 cm³/mol. The second kappa shape index (κ2) is 9.44. The van der Waals surface area contributed by atoms with Gasteiger partial charge in [-0.1, -0.05) is 20.3 Å². The van der Waals surface area contributed by atoms with Gasteiger partial charge in [-0.3, -0.25) is 4.90 Å². The van der Waals surface area contributed by atoms with Crippen molar-refractivity contribution in [3.8, 4) is 0 Å². The summed E-state index contributed by atoms with van der Waals surface area (Å²) < 4.78 is 0. The number of nitrogens with zero attached hydrogens (tertiary/aromatic N) is 2. The smallest absolute Gasteiger partial charge is 0.0558 e. The highest BCUT2D eigenvalue weighted by molar-refractivity contribution is 4.59. The van der Waals surface area contributed by atoms with E-state index >= 15 is 0 Å². The van der Waals surface area contributed by atoms with Crippen molar-refractivity contribution in [1.82, 2.24) is 9.80 Å². The van der Waals surface area contributed by atoms with Gasteiger partial charge in [0.25, 0.3) is 0 Å². The van der Waals surface area contributed by atoms with Crippen LogP contribution in [0.5, 0.6) is 0 Å². The third-order valence-electron chi connectivity index (χ3n) is 2.58. The van der Waals surface area contributed by atoms with Gasteiger partial charge in [0, 0.05) is 19.6 Å². The Balaban J connectivity index is 3.60. The third-order valence-corrected chi connectivity index (χ3v) is 2.58. The van der Waals surface area contributed by atoms with Crippen LogP contribution in [0.2, 0.25) is 0 Å². The van der Waals surface area contributed by atoms with E-state index in [1.165, 1.54) is 12.8 Å². The Morgan fingerprint density at radius 1 is 1.00 bits per heavy atom. The van der Waals surface area contributed by atoms with Crippen molar-refractivity contribution in [2.24, 2.45) is 0 Å². The van der Waals surface area contributed by atoms with Gasteiger partial charge in [-0.25, -0.2) is 0 Å². The summed E-state index contributed by atoms with van der Waals surface area (Å²) in [6.45, 7) is 9.86. The zero-order valence-corrected chi connectivity index (χ0v) is 10.00. The number of hydrogen-bond donors (Lipinski definition) is 1. The summed E-state index contributed by atoms with van der Waals surface area (Å²) in [4.78, 5) is 4.64. The molecule has 0 aromatic carbocycles. The summed E-state index contributed by atoms with van der Waals surface area (Å²) in [7, 11) is 2.14. The summed E-state index contributed by atoms with van der Waals surface area (Å²) in [6, 6.07) is 0. The quantitative estimate of drug-likeness (QED) is 0.605. The van der Waals surface area contributed by atoms with Crippen LogP contribution < -0.4 is 0 Å². The van der Waals surface area contributed by atoms with E-state index in [1.54, 1.807) is 0 Å². The van der Waals surface area contributed by atoms with Crippen molar-refractivity contribution in [2.45, 2.75) is 26.7 Å². The second-order valence-corrected chi connectivity index (χ2v) is 3.81. The molecule has 0 bridgehead atoms. The van der Waals surface area contributed by atoms with Crippen LogP contribution in [0, 0.1) is 0 Å². The van der Waals surface area contributed by atoms with Crippen molar-refractivity contribution < 1.29 is 5.11 Å². The highest BCUT2D eigenvalue weighted by Crippen LogP contribution is 1.95. The highest BCUT2D eigenvalue weighted by atomic mass is 16.3. The summed E-state index contributed by atoms with van der Waals surface area (Å²) in [5, 5.41) is 8.90. The molecule has 0 heterocycles. The fourth-order valence-electron chi connectivity index (χ4n) is 1.33. The first-order chi connectivity index (χ1) is 6.74. The van der Waals surface area contributed by atoms with Crippen molar-refractivity contribution >= 4 is 0 Å². The van der Waals surface area contributed by atoms with Gasteiger partial charge in [0.05, 0.1) is 6.61 Å². The molecule has 0 spiro atoms. The van der Waals surface area contributed by atoms with Crippen molar-refractivity contribution in [3.05, 3.63) is 0 Å². The molecule has 0 aliphatic carbocycles. The number of aliphatic hydroxyl groups is 1. The fourth-order valence-corrected chi connectivity index (χ4v) is 1.33. The van der Waals surface area contributed by atoms with E-state index in [-0.39, 0.29) is 6.61 Å². The molecule has 0 saturated heterocycles. The normalized spacial score (nSPS) is 11.6. The Morgan fingerprint density at radius 3 is 2.21 bits per heavy atom. The fraction of sp³-hybridized carbons (Fsp3) is 1.00. The third kappa shape index (κ3) is 7.30. The number of hydrogen-bond acceptors (Lipinski definition) is 3. The minimum absolute atomic E-state index is 0.277. The Kier molecular flexibility index (Phi) is 9.35. The first kappa shape index (κ1) is 13.9. The minimum atomic E-state index is 0.277. The molecule has 0 radical (unpaired) electrons. The average molecular weight is 202 g/mol. The van der Waals surface area contributed by atoms with Crippen molar-refractivity contribution in [2.75, 3.05) is 46.4 Å². The monoisotopic (exact) mass is 202 g/mol. The molecule has 0 amide bonds. The molecular formula is C11H26N2O. The standard InChI is InChI=1S/C11H26N2O/c1-4-6-7-13(10-11-14)9-8-12(3)5-2/h14H,4-11H2,1-3H3. The van der Waals surface area contributed by atoms with Crippen molar-refractivity contribution in [3.63, 3.8) is 0 Å². The first-order valence-electron chi connectivity index (χ1n) is 5.76. The van der Waals surface area contributed by atoms with Crippen LogP contribution >= 0.6 is 0 Å². The molecule has 3 heteroatoms. The van der Waals surface area contributed by atoms with Gasteiger partial charge >= 0.3 is 0 Å². The van der Waals surface area contributed by atoms with E-state index in [2.05, 4.69) is 30.7 Å². The molecule has 0 aliphatic rings. The zero-order valence-electron chi connectivity index (χ0n) is 10.00. The number of likely N-dealkylation sites (N-methyl/N-ethyl adjacent to an activating group) is 1. The lowest BCUT2D eigenvalue weighted by atomic mass is 10.3. The Bertz CT molecular complexity index is 120. The first-order valence-corrected chi connectivity index (χ1v) is 5.76. The Labute approximate surface area is 88.7 Å². The maximum absolute atomic E-state index is 8.90. The van der Waals surface area contributed by atoms with Crippen LogP contribution in [0.25, 0.3) is 0 Å². The van der Waals surface area contributed by atoms with Crippen LogP contribution in [0.1, 0.15) is 26.7 Å². The van der Waals surface area contributed by atoms with Gasteiger partial charge in [-0.2, -0.15) is 0 Å². The molecule has 0 aromatic heterocycles. The molecule has 0 saturated carbocycles. The molecule has 14 heavy (non-hydrogen) atoms. The van der Waals surface area contributed by atoms with E-state index in [4.69, 9.17) is 5.11 Å². The molecule has 0 atom stereocenters. The Hall–Kier alpha value is -0.120. The lowest BCUT2D eigenvalue weighted by Gasteiger charge is -2.23. The molecule has 86 valence electrons. The molecule has 1 N–H and O–H groups in total. The lowest BCUT2D eigenvalue weighted by Crippen LogP contribution is -2.35. The van der Waals surface area contributed by atoms with Gasteiger partial charge in [0.2, 0.25) is 0 Å². The van der Waals surface area contributed by atoms with Crippen LogP contribution in [0.15, 0.2) is 0 Å². The number of aliphatic hydroxyl groups excluding tert-OH is 1. The van der Waals surface area contributed by atoms with E-state index < -0.39 is 0 Å². The van der Waals surface area contributed by atoms with E-state index in [0.29, 0.717) is 0 Å². The van der Waals surface area contributed by atoms with Gasteiger partial charge in [0.1, 0.15) is 0 Å². The molecule has 3 nitrogen and oxygen atoms in total. The molecule has 0 rings (SSSR count). The van der Waals surface area contributed by atoms with Crippen LogP contribution in [-0.4, -0.2) is 61.3 Å². The number of rotatable bonds is 9. The number of unbranched alkanes of at least 4 members (excludes halogenated alkanes) is 1. The summed E-state index contributed by atoms with van der Waals surface area (Å²) in [6.07, 6.45) is 2.46. The van der Waals surface area contributed by atoms with E-state index in [0.717, 1.165) is 32.7 Å².